The Hall–Kier alpha value is -4.39. The van der Waals surface area contributed by atoms with E-state index in [-0.39, 0.29) is 5.91 Å². The Morgan fingerprint density at radius 2 is 1.37 bits per heavy atom. The normalized spacial score (nSPS) is 11.9. The second-order valence-electron chi connectivity index (χ2n) is 16.6. The van der Waals surface area contributed by atoms with Crippen molar-refractivity contribution in [3.05, 3.63) is 51.6 Å². The third kappa shape index (κ3) is 17.3. The summed E-state index contributed by atoms with van der Waals surface area (Å²) in [6, 6.07) is 5.61. The molecule has 0 fully saturated rings. The van der Waals surface area contributed by atoms with Crippen LogP contribution in [0.25, 0.3) is 5.65 Å². The van der Waals surface area contributed by atoms with E-state index in [0.29, 0.717) is 88.4 Å². The topological polar surface area (TPSA) is 181 Å². The molecule has 0 saturated carbocycles. The van der Waals surface area contributed by atoms with Crippen molar-refractivity contribution in [2.45, 2.75) is 118 Å². The summed E-state index contributed by atoms with van der Waals surface area (Å²) in [5, 5.41) is 10.9. The fourth-order valence-electron chi connectivity index (χ4n) is 5.52. The third-order valence-electron chi connectivity index (χ3n) is 7.95. The number of anilines is 2. The van der Waals surface area contributed by atoms with Gasteiger partial charge in [0.15, 0.2) is 11.5 Å². The second kappa shape index (κ2) is 21.4. The van der Waals surface area contributed by atoms with Crippen LogP contribution in [0.2, 0.25) is 0 Å². The Bertz CT molecular complexity index is 1800. The number of hydrogen-bond donors (Lipinski definition) is 4. The number of aryl methyl sites for hydroxylation is 1. The molecule has 0 aliphatic rings. The van der Waals surface area contributed by atoms with E-state index in [2.05, 4.69) is 53.9 Å². The average molecular weight is 908 g/mol. The van der Waals surface area contributed by atoms with Crippen molar-refractivity contribution in [1.82, 2.24) is 40.3 Å². The van der Waals surface area contributed by atoms with Gasteiger partial charge in [0.2, 0.25) is 0 Å². The van der Waals surface area contributed by atoms with Crippen LogP contribution in [0, 0.1) is 3.70 Å². The van der Waals surface area contributed by atoms with Crippen molar-refractivity contribution in [3.8, 4) is 0 Å². The first-order valence-electron chi connectivity index (χ1n) is 19.5. The van der Waals surface area contributed by atoms with Crippen LogP contribution in [0.5, 0.6) is 0 Å². The number of carbonyl (C=O) groups is 4. The quantitative estimate of drug-likeness (QED) is 0.0432. The van der Waals surface area contributed by atoms with Crippen molar-refractivity contribution in [3.63, 3.8) is 0 Å². The highest BCUT2D eigenvalue weighted by Gasteiger charge is 2.23. The molecule has 4 N–H and O–H groups in total. The van der Waals surface area contributed by atoms with Gasteiger partial charge in [-0.05, 0) is 141 Å². The van der Waals surface area contributed by atoms with Crippen LogP contribution in [-0.2, 0) is 20.6 Å². The van der Waals surface area contributed by atoms with Gasteiger partial charge in [-0.3, -0.25) is 14.6 Å². The molecule has 3 aromatic rings. The van der Waals surface area contributed by atoms with E-state index in [1.54, 1.807) is 69.9 Å². The molecular weight excluding hydrogens is 845 g/mol. The summed E-state index contributed by atoms with van der Waals surface area (Å²) >= 11 is 2.22. The Labute approximate surface area is 350 Å². The number of amides is 4. The van der Waals surface area contributed by atoms with Crippen LogP contribution in [0.3, 0.4) is 0 Å². The first kappa shape index (κ1) is 47.0. The molecule has 2 aromatic heterocycles. The highest BCUT2D eigenvalue weighted by atomic mass is 127. The molecule has 316 valence electrons. The van der Waals surface area contributed by atoms with E-state index in [0.717, 1.165) is 15.0 Å². The van der Waals surface area contributed by atoms with Crippen molar-refractivity contribution in [2.24, 2.45) is 0 Å². The van der Waals surface area contributed by atoms with Gasteiger partial charge in [0.1, 0.15) is 20.5 Å². The van der Waals surface area contributed by atoms with Crippen molar-refractivity contribution < 1.29 is 33.4 Å². The lowest BCUT2D eigenvalue weighted by Crippen LogP contribution is -2.46. The number of rotatable bonds is 18. The molecule has 1 aromatic carbocycles. The number of imidazole rings is 1. The summed E-state index contributed by atoms with van der Waals surface area (Å²) in [5.41, 5.74) is 3.87. The standard InChI is InChI=1S/C40H62IN9O7/c1-11-28-26-29(46-32-33-45-27-31(41)50(33)25-20-42-32)16-17-30(28)34(51)43-18-15-24-49(47-36(53)56-39(5,6)7)23-13-12-21-48(37(54)57-40(8,9)10)22-14-19-44-35(52)55-38(2,3)4/h16-17,20,25-27H,11-15,18-19,21-24H2,1-10H3,(H,42,46)(H,43,51)(H,44,52)(H,47,53). The molecule has 0 atom stereocenters. The van der Waals surface area contributed by atoms with E-state index in [4.69, 9.17) is 14.2 Å². The highest BCUT2D eigenvalue weighted by Crippen LogP contribution is 2.23. The van der Waals surface area contributed by atoms with E-state index in [1.807, 2.05) is 50.4 Å². The van der Waals surface area contributed by atoms with E-state index >= 15 is 0 Å². The zero-order valence-electron chi connectivity index (χ0n) is 35.2. The molecule has 3 rings (SSSR count). The van der Waals surface area contributed by atoms with Crippen LogP contribution in [-0.4, -0.2) is 105 Å². The van der Waals surface area contributed by atoms with Crippen LogP contribution >= 0.6 is 22.6 Å². The van der Waals surface area contributed by atoms with Gasteiger partial charge in [-0.25, -0.2) is 29.4 Å². The summed E-state index contributed by atoms with van der Waals surface area (Å²) in [5.74, 6) is 0.436. The molecule has 0 spiro atoms. The van der Waals surface area contributed by atoms with Gasteiger partial charge in [-0.1, -0.05) is 6.92 Å². The number of halogens is 1. The van der Waals surface area contributed by atoms with Crippen LogP contribution < -0.4 is 21.4 Å². The molecule has 0 unspecified atom stereocenters. The number of hydrazine groups is 1. The molecular formula is C40H62IN9O7. The second-order valence-corrected chi connectivity index (χ2v) is 17.7. The monoisotopic (exact) mass is 907 g/mol. The fourth-order valence-corrected chi connectivity index (χ4v) is 6.05. The molecule has 4 amide bonds. The first-order valence-corrected chi connectivity index (χ1v) is 20.6. The Kier molecular flexibility index (Phi) is 17.6. The predicted molar refractivity (Wildman–Crippen MR) is 229 cm³/mol. The predicted octanol–water partition coefficient (Wildman–Crippen LogP) is 7.43. The number of fused-ring (bicyclic) bond motifs is 1. The molecule has 0 radical (unpaired) electrons. The van der Waals surface area contributed by atoms with Crippen LogP contribution in [0.1, 0.15) is 111 Å². The molecule has 2 heterocycles. The largest absolute Gasteiger partial charge is 0.444 e. The van der Waals surface area contributed by atoms with Gasteiger partial charge < -0.3 is 35.1 Å². The minimum atomic E-state index is -0.681. The third-order valence-corrected chi connectivity index (χ3v) is 8.74. The van der Waals surface area contributed by atoms with Gasteiger partial charge >= 0.3 is 18.3 Å². The highest BCUT2D eigenvalue weighted by molar-refractivity contribution is 14.1. The lowest BCUT2D eigenvalue weighted by molar-refractivity contribution is 0.0241. The SMILES string of the molecule is CCc1cc(Nc2nccn3c(I)cnc23)ccc1C(=O)NCCCN(CCCCN(CCCNC(=O)OC(C)(C)C)C(=O)OC(C)(C)C)NC(=O)OC(C)(C)C. The number of hydrogen-bond acceptors (Lipinski definition) is 11. The first-order chi connectivity index (χ1) is 26.6. The van der Waals surface area contributed by atoms with Gasteiger partial charge in [-0.2, -0.15) is 0 Å². The lowest BCUT2D eigenvalue weighted by atomic mass is 10.0. The zero-order valence-corrected chi connectivity index (χ0v) is 37.4. The smallest absolute Gasteiger partial charge is 0.422 e. The van der Waals surface area contributed by atoms with Gasteiger partial charge in [0, 0.05) is 62.9 Å². The van der Waals surface area contributed by atoms with Crippen LogP contribution in [0.15, 0.2) is 36.8 Å². The number of unbranched alkanes of at least 4 members (excludes halogenated alkanes) is 1. The lowest BCUT2D eigenvalue weighted by Gasteiger charge is -2.28. The van der Waals surface area contributed by atoms with Crippen LogP contribution in [0.4, 0.5) is 25.9 Å². The molecule has 0 bridgehead atoms. The Morgan fingerprint density at radius 1 is 0.772 bits per heavy atom. The maximum absolute atomic E-state index is 13.3. The number of benzene rings is 1. The van der Waals surface area contributed by atoms with Crippen molar-refractivity contribution >= 4 is 63.9 Å². The van der Waals surface area contributed by atoms with Gasteiger partial charge in [0.05, 0.1) is 6.20 Å². The summed E-state index contributed by atoms with van der Waals surface area (Å²) in [7, 11) is 0. The number of ether oxygens (including phenoxy) is 3. The number of carbonyl (C=O) groups excluding carboxylic acids is 4. The maximum atomic E-state index is 13.3. The van der Waals surface area contributed by atoms with Crippen molar-refractivity contribution in [2.75, 3.05) is 44.6 Å². The molecule has 0 aliphatic carbocycles. The maximum Gasteiger partial charge on any atom is 0.422 e. The fraction of sp³-hybridized carbons (Fsp3) is 0.600. The molecule has 17 heteroatoms. The molecule has 0 aliphatic heterocycles. The Morgan fingerprint density at radius 3 is 2.04 bits per heavy atom. The Balaban J connectivity index is 1.56. The van der Waals surface area contributed by atoms with Gasteiger partial charge in [-0.15, -0.1) is 0 Å². The van der Waals surface area contributed by atoms with Gasteiger partial charge in [0.25, 0.3) is 5.91 Å². The molecule has 0 saturated heterocycles. The number of alkyl carbamates (subject to hydrolysis) is 1. The summed E-state index contributed by atoms with van der Waals surface area (Å²) < 4.78 is 19.4. The van der Waals surface area contributed by atoms with Crippen molar-refractivity contribution in [1.29, 1.82) is 0 Å². The number of nitrogens with zero attached hydrogens (tertiary/aromatic N) is 5. The minimum absolute atomic E-state index is 0.184. The molecule has 57 heavy (non-hydrogen) atoms. The molecule has 16 nitrogen and oxygen atoms in total. The average Bonchev–Trinajstić information content (AvgIpc) is 3.47. The summed E-state index contributed by atoms with van der Waals surface area (Å²) in [6.45, 7) is 20.7. The minimum Gasteiger partial charge on any atom is -0.444 e. The zero-order chi connectivity index (χ0) is 42.4. The number of aromatic nitrogens is 3. The summed E-state index contributed by atoms with van der Waals surface area (Å²) in [6.07, 6.45) is 6.81. The number of nitrogens with one attached hydrogen (secondary N) is 4. The van der Waals surface area contributed by atoms with E-state index < -0.39 is 35.1 Å². The summed E-state index contributed by atoms with van der Waals surface area (Å²) in [4.78, 5) is 61.7. The van der Waals surface area contributed by atoms with E-state index in [1.165, 1.54) is 0 Å². The van der Waals surface area contributed by atoms with E-state index in [9.17, 15) is 19.2 Å².